The number of aliphatic hydroxyl groups excluding tert-OH is 3. The smallest absolute Gasteiger partial charge is 0.344 e. The van der Waals surface area contributed by atoms with Gasteiger partial charge in [0, 0.05) is 22.7 Å². The van der Waals surface area contributed by atoms with Crippen molar-refractivity contribution < 1.29 is 39.6 Å². The Morgan fingerprint density at radius 1 is 1.21 bits per heavy atom. The van der Waals surface area contributed by atoms with Crippen LogP contribution in [0, 0.1) is 5.92 Å². The van der Waals surface area contributed by atoms with Gasteiger partial charge >= 0.3 is 8.32 Å². The average molecular weight is 489 g/mol. The fourth-order valence-corrected chi connectivity index (χ4v) is 12.5. The first kappa shape index (κ1) is 23.1. The van der Waals surface area contributed by atoms with Gasteiger partial charge in [0.05, 0.1) is 17.0 Å². The minimum Gasteiger partial charge on any atom is -0.517 e. The van der Waals surface area contributed by atoms with Gasteiger partial charge in [0.15, 0.2) is 11.2 Å². The summed E-state index contributed by atoms with van der Waals surface area (Å²) >= 11 is 0. The van der Waals surface area contributed by atoms with E-state index in [2.05, 4.69) is 6.58 Å². The Morgan fingerprint density at radius 3 is 2.42 bits per heavy atom. The number of benzene rings is 1. The molecule has 1 amide bonds. The number of phenolic OH excluding ortho intramolecular Hbond substituents is 1. The van der Waals surface area contributed by atoms with Crippen LogP contribution in [-0.2, 0) is 9.59 Å². The van der Waals surface area contributed by atoms with E-state index in [1.807, 2.05) is 0 Å². The van der Waals surface area contributed by atoms with Gasteiger partial charge in [0.1, 0.15) is 26.2 Å². The van der Waals surface area contributed by atoms with Crippen molar-refractivity contribution in [3.8, 4) is 5.75 Å². The van der Waals surface area contributed by atoms with Gasteiger partial charge in [0.2, 0.25) is 0 Å². The molecule has 33 heavy (non-hydrogen) atoms. The number of hydrogen-bond donors (Lipinski definition) is 6. The number of Topliss-reactive ketones (excluding diaryl/α,β-unsaturated/α-hetero) is 1. The summed E-state index contributed by atoms with van der Waals surface area (Å²) in [5, 5.41) is 41.0. The maximum atomic E-state index is 13.5. The normalized spacial score (nSPS) is 32.6. The molecule has 0 saturated heterocycles. The largest absolute Gasteiger partial charge is 0.517 e. The topological polar surface area (TPSA) is 182 Å². The molecule has 10 nitrogen and oxygen atoms in total. The highest BCUT2D eigenvalue weighted by molar-refractivity contribution is 7.10. The molecule has 1 aromatic carbocycles. The number of fused-ring (bicyclic) bond motifs is 3. The molecule has 0 aromatic heterocycles. The highest BCUT2D eigenvalue weighted by atomic mass is 28.4. The van der Waals surface area contributed by atoms with Crippen LogP contribution in [0.2, 0.25) is 5.54 Å². The Morgan fingerprint density at radius 2 is 1.85 bits per heavy atom. The predicted octanol–water partition coefficient (Wildman–Crippen LogP) is -1.31. The van der Waals surface area contributed by atoms with Crippen molar-refractivity contribution in [2.24, 2.45) is 11.7 Å². The summed E-state index contributed by atoms with van der Waals surface area (Å²) in [5.74, 6) is -3.67. The summed E-state index contributed by atoms with van der Waals surface area (Å²) < 4.78 is 0. The standard InChI is InChI=1S/C21H24N2O8Si2/c1-7-8-5-4-6-9(24)11(8)14(25)12-10(7)15(26)16-18(23(2)3)32-19(28)13(17(22)27)21(30)33(16,31)20(12)29/h4-6,10,15-16,18,24,26,28-29,31H,1,32H2,2-3H3,(H2,22,27)/t10-,15+,16+,18-,33+/m1/s1. The summed E-state index contributed by atoms with van der Waals surface area (Å²) in [6, 6.07) is 4.32. The number of phenols is 1. The number of primary amides is 1. The number of carbonyl (C=O) groups excluding carboxylic acids is 3. The molecule has 3 aliphatic rings. The third kappa shape index (κ3) is 2.92. The van der Waals surface area contributed by atoms with E-state index in [0.29, 0.717) is 0 Å². The van der Waals surface area contributed by atoms with E-state index in [0.717, 1.165) is 0 Å². The molecular weight excluding hydrogens is 464 g/mol. The number of aromatic hydroxyl groups is 1. The number of aliphatic hydroxyl groups is 3. The Labute approximate surface area is 191 Å². The van der Waals surface area contributed by atoms with Crippen LogP contribution in [0.5, 0.6) is 5.75 Å². The third-order valence-electron chi connectivity index (χ3n) is 6.94. The highest BCUT2D eigenvalue weighted by Crippen LogP contribution is 2.54. The number of hydrogen-bond acceptors (Lipinski definition) is 9. The van der Waals surface area contributed by atoms with Gasteiger partial charge in [-0.1, -0.05) is 18.7 Å². The second kappa shape index (κ2) is 7.50. The Balaban J connectivity index is 2.07. The van der Waals surface area contributed by atoms with E-state index in [1.54, 1.807) is 25.1 Å². The van der Waals surface area contributed by atoms with Gasteiger partial charge in [-0.25, -0.2) is 0 Å². The lowest BCUT2D eigenvalue weighted by atomic mass is 9.72. The monoisotopic (exact) mass is 488 g/mol. The van der Waals surface area contributed by atoms with E-state index < -0.39 is 80.1 Å². The zero-order chi connectivity index (χ0) is 24.6. The third-order valence-corrected chi connectivity index (χ3v) is 13.4. The van der Waals surface area contributed by atoms with E-state index in [4.69, 9.17) is 5.73 Å². The van der Waals surface area contributed by atoms with Crippen molar-refractivity contribution in [3.63, 3.8) is 0 Å². The van der Waals surface area contributed by atoms with Crippen molar-refractivity contribution in [2.75, 3.05) is 14.1 Å². The second-order valence-electron chi connectivity index (χ2n) is 8.83. The second-order valence-corrected chi connectivity index (χ2v) is 13.9. The maximum absolute atomic E-state index is 13.5. The van der Waals surface area contributed by atoms with Crippen LogP contribution in [-0.4, -0.2) is 90.9 Å². The van der Waals surface area contributed by atoms with Crippen LogP contribution >= 0.6 is 0 Å². The number of nitrogens with two attached hydrogens (primary N) is 1. The minimum absolute atomic E-state index is 0.170. The fourth-order valence-electron chi connectivity index (χ4n) is 5.38. The summed E-state index contributed by atoms with van der Waals surface area (Å²) in [6.45, 7) is 3.98. The van der Waals surface area contributed by atoms with Crippen molar-refractivity contribution in [1.29, 1.82) is 0 Å². The zero-order valence-corrected chi connectivity index (χ0v) is 20.4. The maximum Gasteiger partial charge on any atom is 0.344 e. The molecule has 7 N–H and O–H groups in total. The zero-order valence-electron chi connectivity index (χ0n) is 17.9. The number of ketones is 1. The van der Waals surface area contributed by atoms with Crippen LogP contribution < -0.4 is 5.73 Å². The Kier molecular flexibility index (Phi) is 5.26. The number of nitrogens with zero attached hydrogens (tertiary/aromatic N) is 1. The van der Waals surface area contributed by atoms with Crippen molar-refractivity contribution >= 4 is 40.5 Å². The van der Waals surface area contributed by atoms with Crippen LogP contribution in [0.25, 0.3) is 5.57 Å². The van der Waals surface area contributed by atoms with Gasteiger partial charge in [-0.3, -0.25) is 14.4 Å². The SMILES string of the molecule is C=C1c2cccc(O)c2C(=O)C2=C(O)[Si@]3(O)C(=O)C(C(N)=O)=C(O)[SiH2][C@@H](N(C)C)[C@@H]3[C@@H](O)[C@H]12. The summed E-state index contributed by atoms with van der Waals surface area (Å²) in [7, 11) is -3.54. The summed E-state index contributed by atoms with van der Waals surface area (Å²) in [6.07, 6.45) is -1.54. The van der Waals surface area contributed by atoms with E-state index in [-0.39, 0.29) is 22.4 Å². The molecule has 0 saturated carbocycles. The first-order valence-electron chi connectivity index (χ1n) is 10.2. The Hall–Kier alpha value is -3.04. The lowest BCUT2D eigenvalue weighted by Gasteiger charge is -2.48. The number of rotatable bonds is 2. The van der Waals surface area contributed by atoms with Crippen LogP contribution in [0.3, 0.4) is 0 Å². The summed E-state index contributed by atoms with van der Waals surface area (Å²) in [4.78, 5) is 52.3. The molecule has 5 atom stereocenters. The van der Waals surface area contributed by atoms with E-state index in [9.17, 15) is 39.6 Å². The van der Waals surface area contributed by atoms with Crippen molar-refractivity contribution in [2.45, 2.75) is 17.3 Å². The predicted molar refractivity (Wildman–Crippen MR) is 122 cm³/mol. The van der Waals surface area contributed by atoms with Gasteiger partial charge in [-0.05, 0) is 31.3 Å². The molecule has 2 heterocycles. The quantitative estimate of drug-likeness (QED) is 0.217. The molecular formula is C21H24N2O8Si2. The molecule has 0 fully saturated rings. The van der Waals surface area contributed by atoms with Crippen molar-refractivity contribution in [1.82, 2.24) is 4.90 Å². The lowest BCUT2D eigenvalue weighted by Crippen LogP contribution is -2.65. The lowest BCUT2D eigenvalue weighted by molar-refractivity contribution is -0.118. The van der Waals surface area contributed by atoms with E-state index in [1.165, 1.54) is 12.1 Å². The summed E-state index contributed by atoms with van der Waals surface area (Å²) in [5.41, 5.74) is 2.41. The van der Waals surface area contributed by atoms with Crippen LogP contribution in [0.1, 0.15) is 15.9 Å². The van der Waals surface area contributed by atoms with Gasteiger partial charge in [-0.15, -0.1) is 0 Å². The Bertz CT molecular complexity index is 1210. The molecule has 4 rings (SSSR count). The molecule has 1 aliphatic carbocycles. The fraction of sp³-hybridized carbons (Fsp3) is 0.286. The van der Waals surface area contributed by atoms with Crippen molar-refractivity contribution in [3.05, 3.63) is 57.8 Å². The van der Waals surface area contributed by atoms with E-state index >= 15 is 0 Å². The minimum atomic E-state index is -4.91. The number of amides is 1. The van der Waals surface area contributed by atoms with Gasteiger partial charge in [0.25, 0.3) is 5.91 Å². The first-order valence-corrected chi connectivity index (χ1v) is 13.7. The van der Waals surface area contributed by atoms with Crippen LogP contribution in [0.15, 0.2) is 46.7 Å². The number of carbonyl (C=O) groups is 3. The van der Waals surface area contributed by atoms with Crippen LogP contribution in [0.4, 0.5) is 0 Å². The molecule has 0 bridgehead atoms. The average Bonchev–Trinajstić information content (AvgIpc) is 2.82. The molecule has 12 heteroatoms. The highest BCUT2D eigenvalue weighted by Gasteiger charge is 2.67. The molecule has 0 unspecified atom stereocenters. The van der Waals surface area contributed by atoms with Gasteiger partial charge in [-0.2, -0.15) is 0 Å². The molecule has 0 radical (unpaired) electrons. The molecule has 2 aliphatic heterocycles. The first-order chi connectivity index (χ1) is 15.3. The van der Waals surface area contributed by atoms with Gasteiger partial charge < -0.3 is 35.9 Å². The molecule has 174 valence electrons. The molecule has 0 spiro atoms. The molecule has 1 aromatic rings.